The largest absolute Gasteiger partial charge is 0.391 e. The van der Waals surface area contributed by atoms with Crippen LogP contribution in [0.15, 0.2) is 53.6 Å². The minimum absolute atomic E-state index is 0.259. The van der Waals surface area contributed by atoms with Crippen molar-refractivity contribution in [2.75, 3.05) is 19.3 Å². The Morgan fingerprint density at radius 2 is 2.14 bits per heavy atom. The Hall–Kier alpha value is -1.36. The van der Waals surface area contributed by atoms with Gasteiger partial charge in [0.05, 0.1) is 6.10 Å². The molecule has 22 heavy (non-hydrogen) atoms. The zero-order valence-electron chi connectivity index (χ0n) is 12.9. The monoisotopic (exact) mass is 314 g/mol. The van der Waals surface area contributed by atoms with Crippen molar-refractivity contribution >= 4 is 11.8 Å². The van der Waals surface area contributed by atoms with Crippen LogP contribution >= 0.6 is 11.8 Å². The summed E-state index contributed by atoms with van der Waals surface area (Å²) >= 11 is 1.77. The Bertz CT molecular complexity index is 605. The average Bonchev–Trinajstić information content (AvgIpc) is 2.88. The summed E-state index contributed by atoms with van der Waals surface area (Å²) in [5.41, 5.74) is 2.38. The fourth-order valence-electron chi connectivity index (χ4n) is 3.09. The van der Waals surface area contributed by atoms with Gasteiger partial charge in [0.2, 0.25) is 0 Å². The van der Waals surface area contributed by atoms with E-state index in [1.54, 1.807) is 11.8 Å². The van der Waals surface area contributed by atoms with Crippen LogP contribution in [0.25, 0.3) is 0 Å². The minimum Gasteiger partial charge on any atom is -0.391 e. The molecule has 0 saturated carbocycles. The molecule has 3 rings (SSSR count). The van der Waals surface area contributed by atoms with E-state index in [1.165, 1.54) is 10.5 Å². The van der Waals surface area contributed by atoms with E-state index < -0.39 is 0 Å². The first-order valence-corrected chi connectivity index (χ1v) is 8.90. The summed E-state index contributed by atoms with van der Waals surface area (Å²) < 4.78 is 0. The third-order valence-corrected chi connectivity index (χ3v) is 4.95. The highest BCUT2D eigenvalue weighted by molar-refractivity contribution is 7.98. The Labute approximate surface area is 136 Å². The van der Waals surface area contributed by atoms with E-state index in [0.717, 1.165) is 31.7 Å². The lowest BCUT2D eigenvalue weighted by molar-refractivity contribution is 0.140. The van der Waals surface area contributed by atoms with Gasteiger partial charge in [0.15, 0.2) is 0 Å². The Morgan fingerprint density at radius 3 is 2.91 bits per heavy atom. The maximum Gasteiger partial charge on any atom is 0.0711 e. The van der Waals surface area contributed by atoms with E-state index in [1.807, 2.05) is 24.4 Å². The molecule has 1 saturated heterocycles. The van der Waals surface area contributed by atoms with Crippen LogP contribution < -0.4 is 0 Å². The van der Waals surface area contributed by atoms with Crippen LogP contribution in [0.1, 0.15) is 11.3 Å². The van der Waals surface area contributed by atoms with Crippen molar-refractivity contribution in [1.82, 2.24) is 9.88 Å². The normalized spacial score (nSPS) is 22.1. The van der Waals surface area contributed by atoms with Crippen LogP contribution in [0.5, 0.6) is 0 Å². The summed E-state index contributed by atoms with van der Waals surface area (Å²) in [6, 6.07) is 14.6. The molecule has 0 aliphatic carbocycles. The second kappa shape index (κ2) is 7.27. The molecule has 1 aromatic heterocycles. The number of aliphatic hydroxyl groups is 1. The van der Waals surface area contributed by atoms with E-state index in [9.17, 15) is 5.11 Å². The first kappa shape index (κ1) is 15.5. The third kappa shape index (κ3) is 3.88. The number of pyridine rings is 1. The maximum absolute atomic E-state index is 10.3. The molecule has 2 heterocycles. The van der Waals surface area contributed by atoms with Gasteiger partial charge in [-0.3, -0.25) is 9.88 Å². The average molecular weight is 314 g/mol. The number of benzene rings is 1. The molecular formula is C18H22N2OS. The van der Waals surface area contributed by atoms with Crippen molar-refractivity contribution in [1.29, 1.82) is 0 Å². The van der Waals surface area contributed by atoms with E-state index in [0.29, 0.717) is 0 Å². The van der Waals surface area contributed by atoms with Crippen molar-refractivity contribution in [2.45, 2.75) is 24.0 Å². The zero-order valence-corrected chi connectivity index (χ0v) is 13.7. The number of hydrogen-bond donors (Lipinski definition) is 1. The number of β-amino-alcohol motifs (C(OH)–C–C–N with tert-alkyl or cyclic N) is 1. The van der Waals surface area contributed by atoms with Crippen LogP contribution in [0, 0.1) is 5.92 Å². The van der Waals surface area contributed by atoms with Gasteiger partial charge >= 0.3 is 0 Å². The predicted octanol–water partition coefficient (Wildman–Crippen LogP) is 2.84. The standard InChI is InChI=1S/C18H22N2OS/c1-22-17-7-4-5-14(9-17)11-20-12-15(18(21)13-20)10-16-6-2-3-8-19-16/h2-9,15,18,21H,10-13H2,1H3/t15-,18-/m1/s1. The Balaban J connectivity index is 1.60. The third-order valence-electron chi connectivity index (χ3n) is 4.22. The summed E-state index contributed by atoms with van der Waals surface area (Å²) in [7, 11) is 0. The summed E-state index contributed by atoms with van der Waals surface area (Å²) in [6.45, 7) is 2.59. The van der Waals surface area contributed by atoms with Gasteiger partial charge in [-0.1, -0.05) is 18.2 Å². The van der Waals surface area contributed by atoms with Crippen LogP contribution in [-0.4, -0.2) is 40.4 Å². The summed E-state index contributed by atoms with van der Waals surface area (Å²) in [5, 5.41) is 10.3. The highest BCUT2D eigenvalue weighted by Gasteiger charge is 2.31. The van der Waals surface area contributed by atoms with Gasteiger partial charge in [0.1, 0.15) is 0 Å². The number of nitrogens with zero attached hydrogens (tertiary/aromatic N) is 2. The smallest absolute Gasteiger partial charge is 0.0711 e. The van der Waals surface area contributed by atoms with Gasteiger partial charge in [0.25, 0.3) is 0 Å². The molecule has 0 unspecified atom stereocenters. The van der Waals surface area contributed by atoms with E-state index in [2.05, 4.69) is 40.4 Å². The highest BCUT2D eigenvalue weighted by Crippen LogP contribution is 2.23. The molecule has 0 amide bonds. The van der Waals surface area contributed by atoms with Crippen molar-refractivity contribution < 1.29 is 5.11 Å². The van der Waals surface area contributed by atoms with Gasteiger partial charge in [-0.15, -0.1) is 11.8 Å². The summed E-state index contributed by atoms with van der Waals surface area (Å²) in [6.07, 6.45) is 4.51. The topological polar surface area (TPSA) is 36.4 Å². The molecule has 3 nitrogen and oxygen atoms in total. The number of likely N-dealkylation sites (tertiary alicyclic amines) is 1. The van der Waals surface area contributed by atoms with Crippen molar-refractivity contribution in [2.24, 2.45) is 5.92 Å². The molecule has 1 aromatic carbocycles. The molecule has 0 spiro atoms. The number of aromatic nitrogens is 1. The lowest BCUT2D eigenvalue weighted by Crippen LogP contribution is -2.21. The first-order chi connectivity index (χ1) is 10.7. The molecule has 1 aliphatic rings. The Kier molecular flexibility index (Phi) is 5.13. The summed E-state index contributed by atoms with van der Waals surface area (Å²) in [5.74, 6) is 0.277. The predicted molar refractivity (Wildman–Crippen MR) is 90.9 cm³/mol. The number of thioether (sulfide) groups is 1. The first-order valence-electron chi connectivity index (χ1n) is 7.68. The van der Waals surface area contributed by atoms with Gasteiger partial charge in [0, 0.05) is 42.3 Å². The van der Waals surface area contributed by atoms with Crippen molar-refractivity contribution in [3.8, 4) is 0 Å². The Morgan fingerprint density at radius 1 is 1.23 bits per heavy atom. The fraction of sp³-hybridized carbons (Fsp3) is 0.389. The van der Waals surface area contributed by atoms with Crippen LogP contribution in [0.3, 0.4) is 0 Å². The van der Waals surface area contributed by atoms with Crippen LogP contribution in [0.4, 0.5) is 0 Å². The van der Waals surface area contributed by atoms with Gasteiger partial charge in [-0.2, -0.15) is 0 Å². The molecule has 2 atom stereocenters. The van der Waals surface area contributed by atoms with E-state index in [4.69, 9.17) is 0 Å². The second-order valence-corrected chi connectivity index (χ2v) is 6.78. The van der Waals surface area contributed by atoms with Crippen LogP contribution in [0.2, 0.25) is 0 Å². The number of rotatable bonds is 5. The van der Waals surface area contributed by atoms with Gasteiger partial charge in [-0.25, -0.2) is 0 Å². The van der Waals surface area contributed by atoms with E-state index >= 15 is 0 Å². The fourth-order valence-corrected chi connectivity index (χ4v) is 3.57. The summed E-state index contributed by atoms with van der Waals surface area (Å²) in [4.78, 5) is 8.01. The zero-order chi connectivity index (χ0) is 15.4. The quantitative estimate of drug-likeness (QED) is 0.861. The molecule has 1 aliphatic heterocycles. The molecule has 0 radical (unpaired) electrons. The molecule has 2 aromatic rings. The molecule has 1 N–H and O–H groups in total. The molecule has 116 valence electrons. The SMILES string of the molecule is CSc1cccc(CN2C[C@@H](Cc3ccccn3)[C@H](O)C2)c1. The molecule has 1 fully saturated rings. The maximum atomic E-state index is 10.3. The van der Waals surface area contributed by atoms with Crippen molar-refractivity contribution in [3.63, 3.8) is 0 Å². The highest BCUT2D eigenvalue weighted by atomic mass is 32.2. The van der Waals surface area contributed by atoms with Gasteiger partial charge < -0.3 is 5.11 Å². The van der Waals surface area contributed by atoms with E-state index in [-0.39, 0.29) is 12.0 Å². The van der Waals surface area contributed by atoms with Crippen LogP contribution in [-0.2, 0) is 13.0 Å². The minimum atomic E-state index is -0.259. The number of aliphatic hydroxyl groups excluding tert-OH is 1. The molecule has 0 bridgehead atoms. The second-order valence-electron chi connectivity index (χ2n) is 5.90. The lowest BCUT2D eigenvalue weighted by Gasteiger charge is -2.16. The molecular weight excluding hydrogens is 292 g/mol. The lowest BCUT2D eigenvalue weighted by atomic mass is 10.00. The van der Waals surface area contributed by atoms with Gasteiger partial charge in [-0.05, 0) is 42.5 Å². The van der Waals surface area contributed by atoms with Crippen molar-refractivity contribution in [3.05, 3.63) is 59.9 Å². The number of hydrogen-bond acceptors (Lipinski definition) is 4. The molecule has 4 heteroatoms.